The molecule has 0 aliphatic rings. The van der Waals surface area contributed by atoms with Crippen LogP contribution in [0, 0.1) is 5.92 Å². The number of amides is 1. The van der Waals surface area contributed by atoms with Gasteiger partial charge in [0, 0.05) is 10.5 Å². The Morgan fingerprint density at radius 3 is 2.56 bits per heavy atom. The summed E-state index contributed by atoms with van der Waals surface area (Å²) in [6, 6.07) is 9.79. The molecule has 0 radical (unpaired) electrons. The van der Waals surface area contributed by atoms with Crippen molar-refractivity contribution in [2.45, 2.75) is 26.3 Å². The summed E-state index contributed by atoms with van der Waals surface area (Å²) in [4.78, 5) is 11.7. The Kier molecular flexibility index (Phi) is 7.08. The lowest BCUT2D eigenvalue weighted by Gasteiger charge is -2.19. The van der Waals surface area contributed by atoms with Crippen molar-refractivity contribution in [3.8, 4) is 5.75 Å². The van der Waals surface area contributed by atoms with E-state index in [1.807, 2.05) is 30.3 Å². The molecule has 1 aromatic carbocycles. The number of alkyl halides is 1. The van der Waals surface area contributed by atoms with E-state index in [1.54, 1.807) is 0 Å². The molecule has 1 amide bonds. The zero-order valence-electron chi connectivity index (χ0n) is 10.9. The monoisotopic (exact) mass is 361 g/mol. The summed E-state index contributed by atoms with van der Waals surface area (Å²) in [5, 5.41) is 3.03. The van der Waals surface area contributed by atoms with Crippen LogP contribution in [0.1, 0.15) is 20.3 Å². The fraction of sp³-hybridized carbons (Fsp3) is 0.500. The Morgan fingerprint density at radius 2 is 2.00 bits per heavy atom. The van der Waals surface area contributed by atoms with Gasteiger partial charge >= 0.3 is 0 Å². The molecule has 0 saturated heterocycles. The molecule has 100 valence electrons. The van der Waals surface area contributed by atoms with Crippen LogP contribution in [0.3, 0.4) is 0 Å². The number of para-hydroxylation sites is 1. The molecule has 1 atom stereocenters. The van der Waals surface area contributed by atoms with Gasteiger partial charge < -0.3 is 10.1 Å². The van der Waals surface area contributed by atoms with Gasteiger partial charge in [-0.15, -0.1) is 0 Å². The fourth-order valence-corrected chi connectivity index (χ4v) is 2.68. The predicted octanol–water partition coefficient (Wildman–Crippen LogP) is 3.03. The van der Waals surface area contributed by atoms with Crippen LogP contribution in [0.15, 0.2) is 30.3 Å². The maximum Gasteiger partial charge on any atom is 0.223 e. The van der Waals surface area contributed by atoms with Crippen LogP contribution in [0.5, 0.6) is 5.75 Å². The Morgan fingerprint density at radius 1 is 1.33 bits per heavy atom. The van der Waals surface area contributed by atoms with Crippen LogP contribution in [-0.4, -0.2) is 23.0 Å². The van der Waals surface area contributed by atoms with Crippen LogP contribution < -0.4 is 10.1 Å². The molecule has 4 heteroatoms. The zero-order chi connectivity index (χ0) is 13.4. The number of carbonyl (C=O) groups excluding carboxylic acids is 1. The first-order chi connectivity index (χ1) is 8.63. The third kappa shape index (κ3) is 5.71. The molecule has 0 bridgehead atoms. The minimum Gasteiger partial charge on any atom is -0.493 e. The van der Waals surface area contributed by atoms with Gasteiger partial charge in [-0.2, -0.15) is 0 Å². The Balaban J connectivity index is 2.25. The van der Waals surface area contributed by atoms with Gasteiger partial charge in [-0.1, -0.05) is 54.6 Å². The van der Waals surface area contributed by atoms with Crippen molar-refractivity contribution in [2.24, 2.45) is 5.92 Å². The Bertz CT molecular complexity index is 354. The number of benzene rings is 1. The SMILES string of the molecule is CC(C)C(CI)NC(=O)CCOc1ccccc1. The van der Waals surface area contributed by atoms with Crippen molar-refractivity contribution in [1.29, 1.82) is 0 Å². The van der Waals surface area contributed by atoms with Gasteiger partial charge in [-0.3, -0.25) is 4.79 Å². The number of hydrogen-bond donors (Lipinski definition) is 1. The second-order valence-electron chi connectivity index (χ2n) is 4.48. The zero-order valence-corrected chi connectivity index (χ0v) is 13.0. The summed E-state index contributed by atoms with van der Waals surface area (Å²) >= 11 is 2.30. The van der Waals surface area contributed by atoms with Crippen molar-refractivity contribution >= 4 is 28.5 Å². The van der Waals surface area contributed by atoms with Gasteiger partial charge in [0.25, 0.3) is 0 Å². The third-order valence-electron chi connectivity index (χ3n) is 2.66. The highest BCUT2D eigenvalue weighted by Gasteiger charge is 2.14. The summed E-state index contributed by atoms with van der Waals surface area (Å²) in [5.74, 6) is 1.32. The Hall–Kier alpha value is -0.780. The van der Waals surface area contributed by atoms with E-state index in [2.05, 4.69) is 41.8 Å². The molecule has 1 N–H and O–H groups in total. The van der Waals surface area contributed by atoms with Crippen LogP contribution in [0.25, 0.3) is 0 Å². The largest absolute Gasteiger partial charge is 0.493 e. The second kappa shape index (κ2) is 8.34. The molecule has 0 fully saturated rings. The van der Waals surface area contributed by atoms with Crippen molar-refractivity contribution in [1.82, 2.24) is 5.32 Å². The van der Waals surface area contributed by atoms with E-state index in [0.717, 1.165) is 10.2 Å². The molecule has 0 aliphatic carbocycles. The third-order valence-corrected chi connectivity index (χ3v) is 3.61. The summed E-state index contributed by atoms with van der Waals surface area (Å²) in [6.07, 6.45) is 0.398. The van der Waals surface area contributed by atoms with Crippen molar-refractivity contribution in [2.75, 3.05) is 11.0 Å². The van der Waals surface area contributed by atoms with Crippen molar-refractivity contribution in [3.05, 3.63) is 30.3 Å². The highest BCUT2D eigenvalue weighted by molar-refractivity contribution is 14.1. The molecule has 0 aromatic heterocycles. The molecule has 1 rings (SSSR count). The van der Waals surface area contributed by atoms with E-state index in [9.17, 15) is 4.79 Å². The topological polar surface area (TPSA) is 38.3 Å². The molecule has 1 unspecified atom stereocenters. The van der Waals surface area contributed by atoms with Gasteiger partial charge in [0.05, 0.1) is 13.0 Å². The number of nitrogens with one attached hydrogen (secondary N) is 1. The van der Waals surface area contributed by atoms with E-state index < -0.39 is 0 Å². The summed E-state index contributed by atoms with van der Waals surface area (Å²) in [6.45, 7) is 4.65. The minimum absolute atomic E-state index is 0.0568. The van der Waals surface area contributed by atoms with E-state index in [0.29, 0.717) is 18.9 Å². The minimum atomic E-state index is 0.0568. The number of ether oxygens (including phenoxy) is 1. The van der Waals surface area contributed by atoms with Gasteiger partial charge in [0.15, 0.2) is 0 Å². The highest BCUT2D eigenvalue weighted by Crippen LogP contribution is 2.09. The van der Waals surface area contributed by atoms with Crippen LogP contribution in [0.4, 0.5) is 0 Å². The lowest BCUT2D eigenvalue weighted by atomic mass is 10.1. The lowest BCUT2D eigenvalue weighted by Crippen LogP contribution is -2.40. The van der Waals surface area contributed by atoms with E-state index in [4.69, 9.17) is 4.74 Å². The molecule has 18 heavy (non-hydrogen) atoms. The molecule has 0 spiro atoms. The summed E-state index contributed by atoms with van der Waals surface area (Å²) in [5.41, 5.74) is 0. The molecular weight excluding hydrogens is 341 g/mol. The molecule has 0 heterocycles. The molecule has 3 nitrogen and oxygen atoms in total. The highest BCUT2D eigenvalue weighted by atomic mass is 127. The van der Waals surface area contributed by atoms with Crippen LogP contribution >= 0.6 is 22.6 Å². The standard InChI is InChI=1S/C14H20INO2/c1-11(2)13(10-15)16-14(17)8-9-18-12-6-4-3-5-7-12/h3-7,11,13H,8-10H2,1-2H3,(H,16,17). The van der Waals surface area contributed by atoms with Crippen LogP contribution in [0.2, 0.25) is 0 Å². The molecule has 0 aliphatic heterocycles. The number of carbonyl (C=O) groups is 1. The molecule has 0 saturated carbocycles. The van der Waals surface area contributed by atoms with Gasteiger partial charge in [-0.05, 0) is 18.1 Å². The normalized spacial score (nSPS) is 12.2. The lowest BCUT2D eigenvalue weighted by molar-refractivity contribution is -0.122. The van der Waals surface area contributed by atoms with Gasteiger partial charge in [0.2, 0.25) is 5.91 Å². The second-order valence-corrected chi connectivity index (χ2v) is 5.36. The van der Waals surface area contributed by atoms with E-state index >= 15 is 0 Å². The maximum absolute atomic E-state index is 11.7. The first-order valence-corrected chi connectivity index (χ1v) is 7.69. The first-order valence-electron chi connectivity index (χ1n) is 6.16. The van der Waals surface area contributed by atoms with Crippen LogP contribution in [-0.2, 0) is 4.79 Å². The summed E-state index contributed by atoms with van der Waals surface area (Å²) < 4.78 is 6.42. The van der Waals surface area contributed by atoms with Crippen molar-refractivity contribution in [3.63, 3.8) is 0 Å². The maximum atomic E-state index is 11.7. The van der Waals surface area contributed by atoms with E-state index in [1.165, 1.54) is 0 Å². The van der Waals surface area contributed by atoms with Gasteiger partial charge in [-0.25, -0.2) is 0 Å². The quantitative estimate of drug-likeness (QED) is 0.599. The number of rotatable bonds is 7. The van der Waals surface area contributed by atoms with E-state index in [-0.39, 0.29) is 11.9 Å². The fourth-order valence-electron chi connectivity index (χ4n) is 1.44. The van der Waals surface area contributed by atoms with Crippen molar-refractivity contribution < 1.29 is 9.53 Å². The Labute approximate surface area is 122 Å². The predicted molar refractivity (Wildman–Crippen MR) is 82.2 cm³/mol. The molecular formula is C14H20INO2. The number of halogens is 1. The average molecular weight is 361 g/mol. The van der Waals surface area contributed by atoms with Gasteiger partial charge in [0.1, 0.15) is 5.75 Å². The smallest absolute Gasteiger partial charge is 0.223 e. The average Bonchev–Trinajstić information content (AvgIpc) is 2.37. The molecule has 1 aromatic rings. The first kappa shape index (κ1) is 15.3. The number of hydrogen-bond acceptors (Lipinski definition) is 2. The summed E-state index contributed by atoms with van der Waals surface area (Å²) in [7, 11) is 0.